The smallest absolute Gasteiger partial charge is 0.0956 e. The van der Waals surface area contributed by atoms with Gasteiger partial charge < -0.3 is 9.67 Å². The maximum atomic E-state index is 10.7. The lowest BCUT2D eigenvalue weighted by molar-refractivity contribution is -0.0118. The molecule has 1 aliphatic carbocycles. The van der Waals surface area contributed by atoms with Crippen LogP contribution in [-0.4, -0.2) is 20.3 Å². The molecule has 1 fully saturated rings. The van der Waals surface area contributed by atoms with Crippen molar-refractivity contribution < 1.29 is 5.11 Å². The number of aliphatic hydroxyl groups is 1. The van der Waals surface area contributed by atoms with E-state index in [4.69, 9.17) is 0 Å². The van der Waals surface area contributed by atoms with Gasteiger partial charge in [0.2, 0.25) is 0 Å². The number of hydrogen-bond acceptors (Lipinski definition) is 2. The fourth-order valence-electron chi connectivity index (χ4n) is 3.17. The molecule has 1 aliphatic rings. The lowest BCUT2D eigenvalue weighted by Gasteiger charge is -2.32. The van der Waals surface area contributed by atoms with Crippen LogP contribution in [-0.2, 0) is 6.54 Å². The first-order chi connectivity index (χ1) is 9.68. The van der Waals surface area contributed by atoms with Gasteiger partial charge in [-0.1, -0.05) is 49.6 Å². The Labute approximate surface area is 120 Å². The Bertz CT molecular complexity index is 568. The van der Waals surface area contributed by atoms with Gasteiger partial charge in [0.15, 0.2) is 0 Å². The fourth-order valence-corrected chi connectivity index (χ4v) is 3.17. The van der Waals surface area contributed by atoms with Gasteiger partial charge in [-0.05, 0) is 19.8 Å². The van der Waals surface area contributed by atoms with Gasteiger partial charge in [-0.3, -0.25) is 0 Å². The molecule has 0 atom stereocenters. The largest absolute Gasteiger partial charge is 0.388 e. The van der Waals surface area contributed by atoms with E-state index >= 15 is 0 Å². The summed E-state index contributed by atoms with van der Waals surface area (Å²) < 4.78 is 2.10. The van der Waals surface area contributed by atoms with Gasteiger partial charge in [-0.2, -0.15) is 0 Å². The van der Waals surface area contributed by atoms with E-state index in [1.165, 1.54) is 6.42 Å². The summed E-state index contributed by atoms with van der Waals surface area (Å²) in [6.07, 6.45) is 7.20. The van der Waals surface area contributed by atoms with E-state index in [9.17, 15) is 5.11 Å². The van der Waals surface area contributed by atoms with E-state index in [1.807, 2.05) is 24.5 Å². The SMILES string of the molecule is Cc1c(-c2ccccc2)ncn1CC1(O)CCCCC1. The Balaban J connectivity index is 1.84. The van der Waals surface area contributed by atoms with E-state index in [0.29, 0.717) is 6.54 Å². The molecule has 3 nitrogen and oxygen atoms in total. The van der Waals surface area contributed by atoms with E-state index in [0.717, 1.165) is 42.6 Å². The minimum absolute atomic E-state index is 0.544. The lowest BCUT2D eigenvalue weighted by atomic mass is 9.85. The van der Waals surface area contributed by atoms with Crippen LogP contribution in [0.15, 0.2) is 36.7 Å². The Morgan fingerprint density at radius 3 is 2.55 bits per heavy atom. The first kappa shape index (κ1) is 13.4. The molecule has 3 heteroatoms. The van der Waals surface area contributed by atoms with E-state index in [1.54, 1.807) is 0 Å². The molecule has 106 valence electrons. The van der Waals surface area contributed by atoms with Crippen LogP contribution in [0.3, 0.4) is 0 Å². The average molecular weight is 270 g/mol. The number of hydrogen-bond donors (Lipinski definition) is 1. The first-order valence-electron chi connectivity index (χ1n) is 7.47. The molecule has 0 saturated heterocycles. The minimum atomic E-state index is -0.544. The van der Waals surface area contributed by atoms with Crippen molar-refractivity contribution in [2.75, 3.05) is 0 Å². The summed E-state index contributed by atoms with van der Waals surface area (Å²) in [6.45, 7) is 2.75. The third-order valence-corrected chi connectivity index (χ3v) is 4.40. The monoisotopic (exact) mass is 270 g/mol. The van der Waals surface area contributed by atoms with Crippen molar-refractivity contribution >= 4 is 0 Å². The topological polar surface area (TPSA) is 38.0 Å². The molecule has 0 amide bonds. The molecule has 3 rings (SSSR count). The van der Waals surface area contributed by atoms with Crippen LogP contribution in [0.5, 0.6) is 0 Å². The van der Waals surface area contributed by atoms with Crippen molar-refractivity contribution in [1.82, 2.24) is 9.55 Å². The molecule has 1 saturated carbocycles. The Morgan fingerprint density at radius 2 is 1.85 bits per heavy atom. The minimum Gasteiger partial charge on any atom is -0.388 e. The molecule has 0 aliphatic heterocycles. The lowest BCUT2D eigenvalue weighted by Crippen LogP contribution is -2.36. The standard InChI is InChI=1S/C17H22N2O/c1-14-16(15-8-4-2-5-9-15)18-13-19(14)12-17(20)10-6-3-7-11-17/h2,4-5,8-9,13,20H,3,6-7,10-12H2,1H3. The van der Waals surface area contributed by atoms with Crippen molar-refractivity contribution in [2.45, 2.75) is 51.2 Å². The predicted octanol–water partition coefficient (Wildman–Crippen LogP) is 3.55. The highest BCUT2D eigenvalue weighted by molar-refractivity contribution is 5.61. The predicted molar refractivity (Wildman–Crippen MR) is 80.4 cm³/mol. The summed E-state index contributed by atoms with van der Waals surface area (Å²) >= 11 is 0. The van der Waals surface area contributed by atoms with Crippen molar-refractivity contribution in [3.63, 3.8) is 0 Å². The van der Waals surface area contributed by atoms with E-state index < -0.39 is 5.60 Å². The molecule has 1 aromatic heterocycles. The van der Waals surface area contributed by atoms with Gasteiger partial charge in [0.25, 0.3) is 0 Å². The summed E-state index contributed by atoms with van der Waals surface area (Å²) in [5.74, 6) is 0. The van der Waals surface area contributed by atoms with Crippen LogP contribution in [0.4, 0.5) is 0 Å². The summed E-state index contributed by atoms with van der Waals surface area (Å²) in [4.78, 5) is 4.53. The second-order valence-corrected chi connectivity index (χ2v) is 5.96. The maximum absolute atomic E-state index is 10.7. The van der Waals surface area contributed by atoms with E-state index in [-0.39, 0.29) is 0 Å². The molecule has 1 heterocycles. The molecule has 2 aromatic rings. The third-order valence-electron chi connectivity index (χ3n) is 4.40. The highest BCUT2D eigenvalue weighted by Crippen LogP contribution is 2.31. The van der Waals surface area contributed by atoms with Gasteiger partial charge in [0.05, 0.1) is 24.2 Å². The molecule has 0 bridgehead atoms. The second kappa shape index (κ2) is 5.41. The van der Waals surface area contributed by atoms with Gasteiger partial charge in [-0.15, -0.1) is 0 Å². The zero-order valence-electron chi connectivity index (χ0n) is 12.0. The van der Waals surface area contributed by atoms with Crippen molar-refractivity contribution in [2.24, 2.45) is 0 Å². The molecular formula is C17H22N2O. The van der Waals surface area contributed by atoms with Crippen molar-refractivity contribution in [3.05, 3.63) is 42.4 Å². The number of aromatic nitrogens is 2. The third kappa shape index (κ3) is 2.63. The first-order valence-corrected chi connectivity index (χ1v) is 7.47. The van der Waals surface area contributed by atoms with E-state index in [2.05, 4.69) is 28.6 Å². The fraction of sp³-hybridized carbons (Fsp3) is 0.471. The molecule has 0 radical (unpaired) electrons. The van der Waals surface area contributed by atoms with Gasteiger partial charge in [0, 0.05) is 11.3 Å². The zero-order valence-corrected chi connectivity index (χ0v) is 12.0. The summed E-state index contributed by atoms with van der Waals surface area (Å²) in [7, 11) is 0. The molecular weight excluding hydrogens is 248 g/mol. The van der Waals surface area contributed by atoms with Crippen molar-refractivity contribution in [3.8, 4) is 11.3 Å². The zero-order chi connectivity index (χ0) is 14.0. The van der Waals surface area contributed by atoms with Crippen LogP contribution in [0.1, 0.15) is 37.8 Å². The summed E-state index contributed by atoms with van der Waals surface area (Å²) in [6, 6.07) is 10.2. The van der Waals surface area contributed by atoms with Gasteiger partial charge >= 0.3 is 0 Å². The van der Waals surface area contributed by atoms with Crippen LogP contribution in [0.25, 0.3) is 11.3 Å². The van der Waals surface area contributed by atoms with Gasteiger partial charge in [0.1, 0.15) is 0 Å². The number of nitrogens with zero attached hydrogens (tertiary/aromatic N) is 2. The molecule has 0 unspecified atom stereocenters. The average Bonchev–Trinajstić information content (AvgIpc) is 2.81. The summed E-state index contributed by atoms with van der Waals surface area (Å²) in [5.41, 5.74) is 2.75. The Kier molecular flexibility index (Phi) is 3.62. The molecule has 1 N–H and O–H groups in total. The summed E-state index contributed by atoms with van der Waals surface area (Å²) in [5, 5.41) is 10.7. The molecule has 0 spiro atoms. The number of imidazole rings is 1. The van der Waals surface area contributed by atoms with Crippen LogP contribution in [0, 0.1) is 6.92 Å². The Morgan fingerprint density at radius 1 is 1.15 bits per heavy atom. The highest BCUT2D eigenvalue weighted by atomic mass is 16.3. The number of rotatable bonds is 3. The Hall–Kier alpha value is -1.61. The molecule has 1 aromatic carbocycles. The molecule has 20 heavy (non-hydrogen) atoms. The van der Waals surface area contributed by atoms with Crippen LogP contribution >= 0.6 is 0 Å². The highest BCUT2D eigenvalue weighted by Gasteiger charge is 2.30. The second-order valence-electron chi connectivity index (χ2n) is 5.96. The number of benzene rings is 1. The van der Waals surface area contributed by atoms with Crippen molar-refractivity contribution in [1.29, 1.82) is 0 Å². The maximum Gasteiger partial charge on any atom is 0.0956 e. The van der Waals surface area contributed by atoms with Crippen LogP contribution in [0.2, 0.25) is 0 Å². The normalized spacial score (nSPS) is 18.1. The van der Waals surface area contributed by atoms with Gasteiger partial charge in [-0.25, -0.2) is 4.98 Å². The quantitative estimate of drug-likeness (QED) is 0.926. The van der Waals surface area contributed by atoms with Crippen LogP contribution < -0.4 is 0 Å².